The molecule has 0 amide bonds. The van der Waals surface area contributed by atoms with Gasteiger partial charge in [-0.1, -0.05) is 27.7 Å². The molecule has 96 valence electrons. The fourth-order valence-corrected chi connectivity index (χ4v) is 2.03. The summed E-state index contributed by atoms with van der Waals surface area (Å²) >= 11 is 0. The van der Waals surface area contributed by atoms with Crippen molar-refractivity contribution in [3.8, 4) is 0 Å². The summed E-state index contributed by atoms with van der Waals surface area (Å²) in [4.78, 5) is 10.9. The van der Waals surface area contributed by atoms with Crippen molar-refractivity contribution in [3.63, 3.8) is 0 Å². The maximum atomic E-state index is 5.58. The van der Waals surface area contributed by atoms with Crippen LogP contribution in [0.2, 0.25) is 0 Å². The van der Waals surface area contributed by atoms with Crippen LogP contribution in [-0.4, -0.2) is 22.6 Å². The molecule has 0 saturated heterocycles. The Labute approximate surface area is 104 Å². The Hall–Kier alpha value is -1.32. The molecule has 4 nitrogen and oxygen atoms in total. The summed E-state index contributed by atoms with van der Waals surface area (Å²) in [6.07, 6.45) is 5.64. The largest absolute Gasteiger partial charge is 0.382 e. The maximum Gasteiger partial charge on any atom is 0.147 e. The van der Waals surface area contributed by atoms with Crippen LogP contribution in [0.5, 0.6) is 0 Å². The maximum absolute atomic E-state index is 5.58. The van der Waals surface area contributed by atoms with Crippen molar-refractivity contribution in [1.82, 2.24) is 9.97 Å². The van der Waals surface area contributed by atoms with E-state index in [9.17, 15) is 0 Å². The number of hydrogen-bond donors (Lipinski definition) is 1. The predicted molar refractivity (Wildman–Crippen MR) is 73.0 cm³/mol. The van der Waals surface area contributed by atoms with E-state index in [-0.39, 0.29) is 0 Å². The van der Waals surface area contributed by atoms with Crippen LogP contribution in [0.4, 0.5) is 11.6 Å². The van der Waals surface area contributed by atoms with Crippen molar-refractivity contribution in [1.29, 1.82) is 0 Å². The molecular formula is C13H24N4. The van der Waals surface area contributed by atoms with E-state index in [1.807, 2.05) is 0 Å². The Balaban J connectivity index is 2.92. The highest BCUT2D eigenvalue weighted by Crippen LogP contribution is 2.19. The lowest BCUT2D eigenvalue weighted by Crippen LogP contribution is -2.38. The Morgan fingerprint density at radius 3 is 2.24 bits per heavy atom. The standard InChI is InChI=1S/C13H24N4/c1-5-11(6-2)17(9-10(3)4)13-8-15-12(14)7-16-13/h7-8,10-11H,5-6,9H2,1-4H3,(H2,14,15). The molecule has 1 aromatic rings. The lowest BCUT2D eigenvalue weighted by Gasteiger charge is -2.32. The summed E-state index contributed by atoms with van der Waals surface area (Å²) in [5.74, 6) is 2.01. The first-order valence-electron chi connectivity index (χ1n) is 6.42. The van der Waals surface area contributed by atoms with Gasteiger partial charge in [-0.3, -0.25) is 0 Å². The van der Waals surface area contributed by atoms with E-state index in [1.54, 1.807) is 12.4 Å². The number of hydrogen-bond acceptors (Lipinski definition) is 4. The Bertz CT molecular complexity index is 317. The highest BCUT2D eigenvalue weighted by molar-refractivity contribution is 5.40. The van der Waals surface area contributed by atoms with Gasteiger partial charge in [0, 0.05) is 12.6 Å². The summed E-state index contributed by atoms with van der Waals surface area (Å²) in [7, 11) is 0. The second-order valence-corrected chi connectivity index (χ2v) is 4.82. The number of rotatable bonds is 6. The van der Waals surface area contributed by atoms with Crippen LogP contribution in [0.25, 0.3) is 0 Å². The fraction of sp³-hybridized carbons (Fsp3) is 0.692. The average Bonchev–Trinajstić information content (AvgIpc) is 2.30. The highest BCUT2D eigenvalue weighted by Gasteiger charge is 2.18. The van der Waals surface area contributed by atoms with E-state index in [0.29, 0.717) is 17.8 Å². The first-order valence-corrected chi connectivity index (χ1v) is 6.42. The van der Waals surface area contributed by atoms with Gasteiger partial charge in [0.05, 0.1) is 12.4 Å². The zero-order valence-corrected chi connectivity index (χ0v) is 11.3. The molecule has 0 spiro atoms. The van der Waals surface area contributed by atoms with E-state index >= 15 is 0 Å². The van der Waals surface area contributed by atoms with E-state index < -0.39 is 0 Å². The average molecular weight is 236 g/mol. The molecule has 1 aromatic heterocycles. The molecule has 0 fully saturated rings. The molecular weight excluding hydrogens is 212 g/mol. The van der Waals surface area contributed by atoms with Crippen LogP contribution in [0.3, 0.4) is 0 Å². The van der Waals surface area contributed by atoms with Gasteiger partial charge < -0.3 is 10.6 Å². The number of nitrogen functional groups attached to an aromatic ring is 1. The van der Waals surface area contributed by atoms with Crippen molar-refractivity contribution >= 4 is 11.6 Å². The van der Waals surface area contributed by atoms with Gasteiger partial charge >= 0.3 is 0 Å². The van der Waals surface area contributed by atoms with Crippen molar-refractivity contribution in [2.45, 2.75) is 46.6 Å². The molecule has 0 aliphatic heterocycles. The van der Waals surface area contributed by atoms with Crippen LogP contribution in [0.15, 0.2) is 12.4 Å². The monoisotopic (exact) mass is 236 g/mol. The van der Waals surface area contributed by atoms with Crippen LogP contribution in [-0.2, 0) is 0 Å². The van der Waals surface area contributed by atoms with Gasteiger partial charge in [0.1, 0.15) is 11.6 Å². The van der Waals surface area contributed by atoms with Gasteiger partial charge in [0.2, 0.25) is 0 Å². The van der Waals surface area contributed by atoms with Crippen molar-refractivity contribution in [2.24, 2.45) is 5.92 Å². The molecule has 0 saturated carbocycles. The van der Waals surface area contributed by atoms with Gasteiger partial charge in [-0.05, 0) is 18.8 Å². The normalized spacial score (nSPS) is 11.2. The molecule has 0 unspecified atom stereocenters. The minimum absolute atomic E-state index is 0.475. The predicted octanol–water partition coefficient (Wildman–Crippen LogP) is 2.71. The number of nitrogens with zero attached hydrogens (tertiary/aromatic N) is 3. The van der Waals surface area contributed by atoms with Gasteiger partial charge in [-0.2, -0.15) is 0 Å². The number of anilines is 2. The van der Waals surface area contributed by atoms with Gasteiger partial charge in [0.25, 0.3) is 0 Å². The summed E-state index contributed by atoms with van der Waals surface area (Å²) in [5.41, 5.74) is 5.58. The first-order chi connectivity index (χ1) is 8.08. The SMILES string of the molecule is CCC(CC)N(CC(C)C)c1cnc(N)cn1. The summed E-state index contributed by atoms with van der Waals surface area (Å²) in [6.45, 7) is 9.88. The number of aromatic nitrogens is 2. The summed E-state index contributed by atoms with van der Waals surface area (Å²) in [5, 5.41) is 0. The number of nitrogens with two attached hydrogens (primary N) is 1. The zero-order valence-electron chi connectivity index (χ0n) is 11.3. The third kappa shape index (κ3) is 3.88. The van der Waals surface area contributed by atoms with Crippen molar-refractivity contribution in [3.05, 3.63) is 12.4 Å². The summed E-state index contributed by atoms with van der Waals surface area (Å²) in [6, 6.07) is 0.523. The van der Waals surface area contributed by atoms with Crippen LogP contribution < -0.4 is 10.6 Å². The summed E-state index contributed by atoms with van der Waals surface area (Å²) < 4.78 is 0. The minimum Gasteiger partial charge on any atom is -0.382 e. The highest BCUT2D eigenvalue weighted by atomic mass is 15.2. The molecule has 4 heteroatoms. The third-order valence-corrected chi connectivity index (χ3v) is 2.90. The smallest absolute Gasteiger partial charge is 0.147 e. The Morgan fingerprint density at radius 2 is 1.82 bits per heavy atom. The molecule has 17 heavy (non-hydrogen) atoms. The van der Waals surface area contributed by atoms with E-state index in [4.69, 9.17) is 5.73 Å². The minimum atomic E-state index is 0.475. The van der Waals surface area contributed by atoms with Gasteiger partial charge in [-0.15, -0.1) is 0 Å². The molecule has 0 aliphatic carbocycles. The van der Waals surface area contributed by atoms with Gasteiger partial charge in [0.15, 0.2) is 0 Å². The molecule has 2 N–H and O–H groups in total. The molecule has 0 bridgehead atoms. The second-order valence-electron chi connectivity index (χ2n) is 4.82. The van der Waals surface area contributed by atoms with Crippen LogP contribution in [0.1, 0.15) is 40.5 Å². The molecule has 0 radical (unpaired) electrons. The van der Waals surface area contributed by atoms with E-state index in [1.165, 1.54) is 0 Å². The molecule has 0 aromatic carbocycles. The van der Waals surface area contributed by atoms with E-state index in [0.717, 1.165) is 25.2 Å². The third-order valence-electron chi connectivity index (χ3n) is 2.90. The molecule has 0 aliphatic rings. The lowest BCUT2D eigenvalue weighted by atomic mass is 10.1. The fourth-order valence-electron chi connectivity index (χ4n) is 2.03. The van der Waals surface area contributed by atoms with Crippen LogP contribution in [0, 0.1) is 5.92 Å². The Morgan fingerprint density at radius 1 is 1.18 bits per heavy atom. The first kappa shape index (κ1) is 13.7. The quantitative estimate of drug-likeness (QED) is 0.825. The van der Waals surface area contributed by atoms with Crippen molar-refractivity contribution in [2.75, 3.05) is 17.2 Å². The molecule has 0 atom stereocenters. The van der Waals surface area contributed by atoms with Crippen LogP contribution >= 0.6 is 0 Å². The second kappa shape index (κ2) is 6.42. The lowest BCUT2D eigenvalue weighted by molar-refractivity contribution is 0.503. The zero-order chi connectivity index (χ0) is 12.8. The molecule has 1 heterocycles. The van der Waals surface area contributed by atoms with Gasteiger partial charge in [-0.25, -0.2) is 9.97 Å². The molecule has 1 rings (SSSR count). The Kier molecular flexibility index (Phi) is 5.19. The van der Waals surface area contributed by atoms with E-state index in [2.05, 4.69) is 42.6 Å². The van der Waals surface area contributed by atoms with Crippen molar-refractivity contribution < 1.29 is 0 Å². The topological polar surface area (TPSA) is 55.0 Å².